The lowest BCUT2D eigenvalue weighted by Crippen LogP contribution is -2.30. The third-order valence-electron chi connectivity index (χ3n) is 4.26. The number of alkyl halides is 3. The van der Waals surface area contributed by atoms with Gasteiger partial charge in [-0.15, -0.1) is 0 Å². The lowest BCUT2D eigenvalue weighted by Gasteiger charge is -2.25. The molecule has 0 fully saturated rings. The Labute approximate surface area is 143 Å². The molecule has 0 unspecified atom stereocenters. The molecule has 4 nitrogen and oxygen atoms in total. The first-order chi connectivity index (χ1) is 11.8. The molecular weight excluding hydrogens is 333 g/mol. The number of hydrogen-bond acceptors (Lipinski definition) is 3. The van der Waals surface area contributed by atoms with E-state index in [2.05, 4.69) is 15.8 Å². The highest BCUT2D eigenvalue weighted by atomic mass is 19.4. The van der Waals surface area contributed by atoms with Crippen LogP contribution in [0.1, 0.15) is 33.9 Å². The number of hydrogen-bond donors (Lipinski definition) is 0. The first-order valence-electron chi connectivity index (χ1n) is 7.86. The van der Waals surface area contributed by atoms with Crippen LogP contribution in [0.3, 0.4) is 0 Å². The Hall–Kier alpha value is -2.57. The van der Waals surface area contributed by atoms with Crippen LogP contribution in [0.2, 0.25) is 0 Å². The molecular formula is C18H17F3N2O2. The number of nitrogens with zero attached hydrogens (tertiary/aromatic N) is 2. The van der Waals surface area contributed by atoms with Crippen LogP contribution in [0.15, 0.2) is 42.6 Å². The van der Waals surface area contributed by atoms with Gasteiger partial charge in [0.25, 0.3) is 5.91 Å². The van der Waals surface area contributed by atoms with Crippen molar-refractivity contribution >= 4 is 5.91 Å². The monoisotopic (exact) mass is 350 g/mol. The van der Waals surface area contributed by atoms with Crippen molar-refractivity contribution in [2.24, 2.45) is 0 Å². The van der Waals surface area contributed by atoms with E-state index in [9.17, 15) is 18.0 Å². The van der Waals surface area contributed by atoms with Crippen LogP contribution in [0.4, 0.5) is 13.2 Å². The molecule has 0 aliphatic heterocycles. The van der Waals surface area contributed by atoms with Crippen molar-refractivity contribution in [3.63, 3.8) is 0 Å². The Balaban J connectivity index is 1.69. The maximum atomic E-state index is 12.6. The maximum Gasteiger partial charge on any atom is 0.422 e. The summed E-state index contributed by atoms with van der Waals surface area (Å²) in [5, 5.41) is 0. The normalized spacial score (nSPS) is 16.4. The zero-order valence-corrected chi connectivity index (χ0v) is 13.6. The SMILES string of the molecule is CN(C(=O)c1ccc(OCC(F)(F)F)nc1)[C@H]1CCc2ccccc21. The topological polar surface area (TPSA) is 42.4 Å². The maximum absolute atomic E-state index is 12.6. The number of aryl methyl sites for hydroxylation is 1. The summed E-state index contributed by atoms with van der Waals surface area (Å²) in [7, 11) is 1.73. The molecule has 0 N–H and O–H groups in total. The van der Waals surface area contributed by atoms with E-state index >= 15 is 0 Å². The summed E-state index contributed by atoms with van der Waals surface area (Å²) in [4.78, 5) is 18.1. The Morgan fingerprint density at radius 2 is 2.04 bits per heavy atom. The van der Waals surface area contributed by atoms with Gasteiger partial charge in [0, 0.05) is 19.3 Å². The largest absolute Gasteiger partial charge is 0.468 e. The van der Waals surface area contributed by atoms with Gasteiger partial charge in [-0.05, 0) is 30.0 Å². The molecule has 1 aliphatic rings. The Morgan fingerprint density at radius 1 is 1.28 bits per heavy atom. The van der Waals surface area contributed by atoms with Crippen molar-refractivity contribution < 1.29 is 22.7 Å². The van der Waals surface area contributed by atoms with Crippen LogP contribution in [-0.4, -0.2) is 35.6 Å². The molecule has 3 rings (SSSR count). The number of aromatic nitrogens is 1. The van der Waals surface area contributed by atoms with Crippen molar-refractivity contribution in [3.05, 3.63) is 59.3 Å². The number of ether oxygens (including phenoxy) is 1. The molecule has 0 radical (unpaired) electrons. The number of fused-ring (bicyclic) bond motifs is 1. The third kappa shape index (κ3) is 3.92. The number of amides is 1. The van der Waals surface area contributed by atoms with Gasteiger partial charge in [0.2, 0.25) is 5.88 Å². The minimum absolute atomic E-state index is 0.00939. The summed E-state index contributed by atoms with van der Waals surface area (Å²) < 4.78 is 41.0. The van der Waals surface area contributed by atoms with Crippen LogP contribution in [0.25, 0.3) is 0 Å². The molecule has 7 heteroatoms. The van der Waals surface area contributed by atoms with Crippen molar-refractivity contribution in [1.29, 1.82) is 0 Å². The predicted molar refractivity (Wildman–Crippen MR) is 85.4 cm³/mol. The number of carbonyl (C=O) groups excluding carboxylic acids is 1. The fourth-order valence-corrected chi connectivity index (χ4v) is 3.03. The zero-order valence-electron chi connectivity index (χ0n) is 13.6. The molecule has 0 bridgehead atoms. The Morgan fingerprint density at radius 3 is 2.72 bits per heavy atom. The van der Waals surface area contributed by atoms with Gasteiger partial charge in [-0.2, -0.15) is 13.2 Å². The summed E-state index contributed by atoms with van der Waals surface area (Å²) >= 11 is 0. The van der Waals surface area contributed by atoms with Gasteiger partial charge >= 0.3 is 6.18 Å². The first kappa shape index (κ1) is 17.3. The first-order valence-corrected chi connectivity index (χ1v) is 7.86. The number of halogens is 3. The van der Waals surface area contributed by atoms with E-state index in [-0.39, 0.29) is 17.8 Å². The molecule has 2 aromatic rings. The van der Waals surface area contributed by atoms with E-state index < -0.39 is 12.8 Å². The lowest BCUT2D eigenvalue weighted by molar-refractivity contribution is -0.154. The van der Waals surface area contributed by atoms with Crippen molar-refractivity contribution in [1.82, 2.24) is 9.88 Å². The van der Waals surface area contributed by atoms with Gasteiger partial charge in [-0.25, -0.2) is 4.98 Å². The highest BCUT2D eigenvalue weighted by molar-refractivity contribution is 5.94. The summed E-state index contributed by atoms with van der Waals surface area (Å²) in [5.74, 6) is -0.390. The second-order valence-electron chi connectivity index (χ2n) is 5.96. The van der Waals surface area contributed by atoms with E-state index in [1.807, 2.05) is 18.2 Å². The fourth-order valence-electron chi connectivity index (χ4n) is 3.03. The molecule has 1 atom stereocenters. The summed E-state index contributed by atoms with van der Waals surface area (Å²) in [6, 6.07) is 10.7. The van der Waals surface area contributed by atoms with E-state index in [0.717, 1.165) is 18.4 Å². The van der Waals surface area contributed by atoms with Gasteiger partial charge in [-0.3, -0.25) is 4.79 Å². The lowest BCUT2D eigenvalue weighted by atomic mass is 10.1. The molecule has 0 spiro atoms. The van der Waals surface area contributed by atoms with Gasteiger partial charge in [0.15, 0.2) is 6.61 Å². The highest BCUT2D eigenvalue weighted by Crippen LogP contribution is 2.35. The van der Waals surface area contributed by atoms with E-state index in [4.69, 9.17) is 0 Å². The average Bonchev–Trinajstić information content (AvgIpc) is 3.02. The number of rotatable bonds is 4. The standard InChI is InChI=1S/C18H17F3N2O2/c1-23(15-8-6-12-4-2-3-5-14(12)15)17(24)13-7-9-16(22-10-13)25-11-18(19,20)21/h2-5,7,9-10,15H,6,8,11H2,1H3/t15-/m0/s1. The molecule has 0 saturated heterocycles. The van der Waals surface area contributed by atoms with Crippen LogP contribution in [0, 0.1) is 0 Å². The van der Waals surface area contributed by atoms with E-state index in [1.54, 1.807) is 11.9 Å². The quantitative estimate of drug-likeness (QED) is 0.843. The second-order valence-corrected chi connectivity index (χ2v) is 5.96. The fraction of sp³-hybridized carbons (Fsp3) is 0.333. The van der Waals surface area contributed by atoms with E-state index in [0.29, 0.717) is 5.56 Å². The smallest absolute Gasteiger partial charge is 0.422 e. The number of pyridine rings is 1. The predicted octanol–water partition coefficient (Wildman–Crippen LogP) is 3.78. The summed E-state index contributed by atoms with van der Waals surface area (Å²) in [6.07, 6.45) is -1.42. The van der Waals surface area contributed by atoms with Gasteiger partial charge in [0.1, 0.15) is 0 Å². The molecule has 0 saturated carbocycles. The highest BCUT2D eigenvalue weighted by Gasteiger charge is 2.30. The molecule has 1 aromatic carbocycles. The second kappa shape index (κ2) is 6.74. The molecule has 25 heavy (non-hydrogen) atoms. The average molecular weight is 350 g/mol. The molecule has 132 valence electrons. The van der Waals surface area contributed by atoms with Crippen LogP contribution < -0.4 is 4.74 Å². The minimum atomic E-state index is -4.42. The Kier molecular flexibility index (Phi) is 4.65. The molecule has 1 aromatic heterocycles. The molecule has 1 heterocycles. The summed E-state index contributed by atoms with van der Waals surface area (Å²) in [5.41, 5.74) is 2.68. The molecule has 1 amide bonds. The van der Waals surface area contributed by atoms with Crippen LogP contribution >= 0.6 is 0 Å². The number of benzene rings is 1. The van der Waals surface area contributed by atoms with E-state index in [1.165, 1.54) is 23.9 Å². The Bertz CT molecular complexity index is 760. The third-order valence-corrected chi connectivity index (χ3v) is 4.26. The molecule has 1 aliphatic carbocycles. The minimum Gasteiger partial charge on any atom is -0.468 e. The zero-order chi connectivity index (χ0) is 18.0. The van der Waals surface area contributed by atoms with Crippen LogP contribution in [-0.2, 0) is 6.42 Å². The summed E-state index contributed by atoms with van der Waals surface area (Å²) in [6.45, 7) is -1.41. The van der Waals surface area contributed by atoms with Gasteiger partial charge in [-0.1, -0.05) is 24.3 Å². The van der Waals surface area contributed by atoms with Crippen molar-refractivity contribution in [3.8, 4) is 5.88 Å². The van der Waals surface area contributed by atoms with Crippen LogP contribution in [0.5, 0.6) is 5.88 Å². The van der Waals surface area contributed by atoms with Crippen molar-refractivity contribution in [2.45, 2.75) is 25.1 Å². The van der Waals surface area contributed by atoms with Gasteiger partial charge in [0.05, 0.1) is 11.6 Å². The van der Waals surface area contributed by atoms with Gasteiger partial charge < -0.3 is 9.64 Å². The number of carbonyl (C=O) groups is 1. The van der Waals surface area contributed by atoms with Crippen molar-refractivity contribution in [2.75, 3.05) is 13.7 Å².